The highest BCUT2D eigenvalue weighted by molar-refractivity contribution is 5.93. The monoisotopic (exact) mass is 418 g/mol. The third-order valence-corrected chi connectivity index (χ3v) is 5.57. The van der Waals surface area contributed by atoms with Crippen LogP contribution in [0.15, 0.2) is 28.8 Å². The molecule has 3 aromatic rings. The van der Waals surface area contributed by atoms with Gasteiger partial charge in [0.25, 0.3) is 5.91 Å². The lowest BCUT2D eigenvalue weighted by atomic mass is 10.0. The molecule has 1 saturated carbocycles. The Morgan fingerprint density at radius 3 is 2.84 bits per heavy atom. The Kier molecular flexibility index (Phi) is 4.38. The van der Waals surface area contributed by atoms with Crippen molar-refractivity contribution in [1.29, 1.82) is 0 Å². The fourth-order valence-corrected chi connectivity index (χ4v) is 3.86. The van der Waals surface area contributed by atoms with Crippen molar-refractivity contribution in [3.63, 3.8) is 0 Å². The van der Waals surface area contributed by atoms with Crippen molar-refractivity contribution in [1.82, 2.24) is 14.7 Å². The summed E-state index contributed by atoms with van der Waals surface area (Å²) in [6.07, 6.45) is 2.06. The number of aliphatic hydroxyl groups is 1. The van der Waals surface area contributed by atoms with Gasteiger partial charge in [0.05, 0.1) is 17.8 Å². The molecule has 8 heteroatoms. The number of imidazole rings is 1. The molecule has 1 fully saturated rings. The van der Waals surface area contributed by atoms with Crippen molar-refractivity contribution in [3.05, 3.63) is 52.7 Å². The Balaban J connectivity index is 1.57. The first-order valence-corrected chi connectivity index (χ1v) is 10.2. The van der Waals surface area contributed by atoms with E-state index in [0.717, 1.165) is 24.1 Å². The van der Waals surface area contributed by atoms with E-state index in [1.54, 1.807) is 19.9 Å². The van der Waals surface area contributed by atoms with E-state index >= 15 is 0 Å². The molecule has 3 N–H and O–H groups in total. The zero-order chi connectivity index (χ0) is 21.8. The third-order valence-electron chi connectivity index (χ3n) is 5.57. The Bertz CT molecular complexity index is 1250. The molecule has 1 amide bonds. The van der Waals surface area contributed by atoms with Gasteiger partial charge in [-0.15, -0.1) is 0 Å². The number of nitrogens with zero attached hydrogens (tertiary/aromatic N) is 3. The Hall–Kier alpha value is -3.57. The van der Waals surface area contributed by atoms with Gasteiger partial charge in [-0.2, -0.15) is 0 Å². The normalized spacial score (nSPS) is 16.7. The highest BCUT2D eigenvalue weighted by atomic mass is 16.5. The van der Waals surface area contributed by atoms with Crippen molar-refractivity contribution in [3.8, 4) is 29.0 Å². The van der Waals surface area contributed by atoms with E-state index in [1.165, 1.54) is 0 Å². The highest BCUT2D eigenvalue weighted by Crippen LogP contribution is 2.44. The summed E-state index contributed by atoms with van der Waals surface area (Å²) in [7, 11) is 0. The van der Waals surface area contributed by atoms with Gasteiger partial charge in [-0.3, -0.25) is 4.79 Å². The Labute approximate surface area is 179 Å². The molecular weight excluding hydrogens is 396 g/mol. The molecule has 2 aromatic heterocycles. The van der Waals surface area contributed by atoms with E-state index in [9.17, 15) is 9.90 Å². The number of rotatable bonds is 3. The van der Waals surface area contributed by atoms with Gasteiger partial charge in [0, 0.05) is 17.5 Å². The number of carbonyl (C=O) groups is 1. The molecule has 0 radical (unpaired) electrons. The number of amides is 1. The summed E-state index contributed by atoms with van der Waals surface area (Å²) in [6.45, 7) is 4.39. The fourth-order valence-electron chi connectivity index (χ4n) is 3.86. The molecule has 1 aliphatic heterocycles. The molecule has 0 saturated heterocycles. The number of hydrogen-bond acceptors (Lipinski definition) is 6. The van der Waals surface area contributed by atoms with Gasteiger partial charge >= 0.3 is 0 Å². The average molecular weight is 418 g/mol. The molecule has 0 spiro atoms. The lowest BCUT2D eigenvalue weighted by Gasteiger charge is -2.11. The maximum absolute atomic E-state index is 12.0. The van der Waals surface area contributed by atoms with Crippen LogP contribution in [-0.4, -0.2) is 32.3 Å². The van der Waals surface area contributed by atoms with Gasteiger partial charge in [0.15, 0.2) is 5.60 Å². The minimum absolute atomic E-state index is 0.314. The third kappa shape index (κ3) is 3.47. The molecule has 31 heavy (non-hydrogen) atoms. The number of hydrogen-bond donors (Lipinski definition) is 2. The van der Waals surface area contributed by atoms with Crippen LogP contribution in [0.3, 0.4) is 0 Å². The SMILES string of the molecule is Cc1cc(C(C)(O)C#Cc2ccc3c(c2)-c2nc(C(N)=O)c(C4CC4)n2CCO3)no1. The van der Waals surface area contributed by atoms with Gasteiger partial charge in [0.2, 0.25) is 0 Å². The van der Waals surface area contributed by atoms with E-state index in [0.29, 0.717) is 53.4 Å². The first kappa shape index (κ1) is 19.4. The average Bonchev–Trinajstić information content (AvgIpc) is 3.40. The number of ether oxygens (including phenoxy) is 1. The number of primary amides is 1. The lowest BCUT2D eigenvalue weighted by Crippen LogP contribution is -2.18. The van der Waals surface area contributed by atoms with Gasteiger partial charge < -0.3 is 24.7 Å². The molecule has 3 heterocycles. The van der Waals surface area contributed by atoms with Crippen LogP contribution in [-0.2, 0) is 12.1 Å². The molecule has 158 valence electrons. The zero-order valence-electron chi connectivity index (χ0n) is 17.3. The van der Waals surface area contributed by atoms with Crippen LogP contribution in [0.25, 0.3) is 11.4 Å². The van der Waals surface area contributed by atoms with Crippen molar-refractivity contribution in [2.45, 2.75) is 44.8 Å². The van der Waals surface area contributed by atoms with E-state index < -0.39 is 11.5 Å². The quantitative estimate of drug-likeness (QED) is 0.631. The summed E-state index contributed by atoms with van der Waals surface area (Å²) >= 11 is 0. The van der Waals surface area contributed by atoms with Gasteiger partial charge in [0.1, 0.15) is 35.3 Å². The Morgan fingerprint density at radius 1 is 1.35 bits per heavy atom. The van der Waals surface area contributed by atoms with Crippen LogP contribution in [0.5, 0.6) is 5.75 Å². The smallest absolute Gasteiger partial charge is 0.269 e. The predicted molar refractivity (Wildman–Crippen MR) is 111 cm³/mol. The van der Waals surface area contributed by atoms with E-state index in [4.69, 9.17) is 15.0 Å². The van der Waals surface area contributed by atoms with Crippen LogP contribution < -0.4 is 10.5 Å². The Morgan fingerprint density at radius 2 is 2.16 bits per heavy atom. The zero-order valence-corrected chi connectivity index (χ0v) is 17.3. The summed E-state index contributed by atoms with van der Waals surface area (Å²) < 4.78 is 13.0. The van der Waals surface area contributed by atoms with Crippen molar-refractivity contribution in [2.24, 2.45) is 5.73 Å². The number of benzene rings is 1. The second kappa shape index (κ2) is 7.00. The number of aryl methyl sites for hydroxylation is 1. The number of nitrogens with two attached hydrogens (primary N) is 1. The topological polar surface area (TPSA) is 116 Å². The second-order valence-corrected chi connectivity index (χ2v) is 8.16. The van der Waals surface area contributed by atoms with E-state index in [2.05, 4.69) is 26.5 Å². The summed E-state index contributed by atoms with van der Waals surface area (Å²) in [4.78, 5) is 16.6. The van der Waals surface area contributed by atoms with Crippen molar-refractivity contribution < 1.29 is 19.2 Å². The largest absolute Gasteiger partial charge is 0.491 e. The van der Waals surface area contributed by atoms with E-state index in [1.807, 2.05) is 18.2 Å². The summed E-state index contributed by atoms with van der Waals surface area (Å²) in [5.41, 5.74) is 7.18. The lowest BCUT2D eigenvalue weighted by molar-refractivity contribution is 0.0994. The van der Waals surface area contributed by atoms with Crippen LogP contribution >= 0.6 is 0 Å². The number of fused-ring (bicyclic) bond motifs is 3. The number of aromatic nitrogens is 3. The molecule has 1 aliphatic carbocycles. The second-order valence-electron chi connectivity index (χ2n) is 8.16. The highest BCUT2D eigenvalue weighted by Gasteiger charge is 2.35. The summed E-state index contributed by atoms with van der Waals surface area (Å²) in [5.74, 6) is 7.59. The van der Waals surface area contributed by atoms with Gasteiger partial charge in [-0.25, -0.2) is 4.98 Å². The molecule has 8 nitrogen and oxygen atoms in total. The first-order chi connectivity index (χ1) is 14.8. The molecule has 1 atom stereocenters. The minimum Gasteiger partial charge on any atom is -0.491 e. The fraction of sp³-hybridized carbons (Fsp3) is 0.348. The molecule has 1 aromatic carbocycles. The molecule has 2 aliphatic rings. The van der Waals surface area contributed by atoms with Gasteiger partial charge in [-0.1, -0.05) is 17.0 Å². The number of carbonyl (C=O) groups excluding carboxylic acids is 1. The van der Waals surface area contributed by atoms with Crippen LogP contribution in [0.1, 0.15) is 58.9 Å². The van der Waals surface area contributed by atoms with Crippen LogP contribution in [0, 0.1) is 18.8 Å². The molecule has 0 bridgehead atoms. The summed E-state index contributed by atoms with van der Waals surface area (Å²) in [6, 6.07) is 7.17. The first-order valence-electron chi connectivity index (χ1n) is 10.2. The van der Waals surface area contributed by atoms with Crippen molar-refractivity contribution in [2.75, 3.05) is 6.61 Å². The molecular formula is C23H22N4O4. The van der Waals surface area contributed by atoms with Crippen molar-refractivity contribution >= 4 is 5.91 Å². The minimum atomic E-state index is -1.46. The molecule has 5 rings (SSSR count). The summed E-state index contributed by atoms with van der Waals surface area (Å²) in [5, 5.41) is 14.5. The maximum atomic E-state index is 12.0. The van der Waals surface area contributed by atoms with E-state index in [-0.39, 0.29) is 0 Å². The van der Waals surface area contributed by atoms with Crippen LogP contribution in [0.4, 0.5) is 0 Å². The predicted octanol–water partition coefficient (Wildman–Crippen LogP) is 2.47. The van der Waals surface area contributed by atoms with Crippen LogP contribution in [0.2, 0.25) is 0 Å². The molecule has 1 unspecified atom stereocenters. The standard InChI is InChI=1S/C23H22N4O4/c1-13-11-18(26-31-13)23(2,29)8-7-14-3-6-17-16(12-14)22-25-19(21(24)28)20(15-4-5-15)27(22)9-10-30-17/h3,6,11-12,15,29H,4-5,9-10H2,1-2H3,(H2,24,28). The van der Waals surface area contributed by atoms with Gasteiger partial charge in [-0.05, 0) is 44.9 Å². The maximum Gasteiger partial charge on any atom is 0.269 e.